The minimum Gasteiger partial charge on any atom is -0.508 e. The maximum absolute atomic E-state index is 13.2. The molecule has 0 saturated carbocycles. The number of phenols is 2. The molecule has 0 aliphatic carbocycles. The SMILES string of the molecule is O=C(Oc1ccc(S(=O)(=O)c2ccc(Oc3ccc4cc(O)ccc4c3)cc2)cc1)c1ccc2cc(O)ccc2c1. The Kier molecular flexibility index (Phi) is 6.53. The molecule has 0 saturated heterocycles. The predicted octanol–water partition coefficient (Wildman–Crippen LogP) is 7.25. The van der Waals surface area contributed by atoms with Crippen LogP contribution < -0.4 is 9.47 Å². The lowest BCUT2D eigenvalue weighted by atomic mass is 10.1. The van der Waals surface area contributed by atoms with E-state index in [9.17, 15) is 23.4 Å². The minimum absolute atomic E-state index is 0.0502. The van der Waals surface area contributed by atoms with Crippen LogP contribution in [0.1, 0.15) is 10.4 Å². The van der Waals surface area contributed by atoms with E-state index < -0.39 is 15.8 Å². The van der Waals surface area contributed by atoms with Crippen molar-refractivity contribution in [1.82, 2.24) is 0 Å². The molecule has 0 aliphatic heterocycles. The highest BCUT2D eigenvalue weighted by atomic mass is 32.2. The molecule has 0 bridgehead atoms. The number of phenolic OH excluding ortho intramolecular Hbond substituents is 2. The largest absolute Gasteiger partial charge is 0.508 e. The van der Waals surface area contributed by atoms with E-state index in [0.29, 0.717) is 17.1 Å². The minimum atomic E-state index is -3.83. The van der Waals surface area contributed by atoms with Gasteiger partial charge in [-0.05, 0) is 119 Å². The Morgan fingerprint density at radius 3 is 1.59 bits per heavy atom. The van der Waals surface area contributed by atoms with Crippen molar-refractivity contribution in [3.63, 3.8) is 0 Å². The van der Waals surface area contributed by atoms with Gasteiger partial charge in [-0.3, -0.25) is 0 Å². The maximum Gasteiger partial charge on any atom is 0.343 e. The van der Waals surface area contributed by atoms with Gasteiger partial charge in [-0.25, -0.2) is 13.2 Å². The van der Waals surface area contributed by atoms with E-state index in [1.807, 2.05) is 12.1 Å². The van der Waals surface area contributed by atoms with Crippen LogP contribution in [0, 0.1) is 0 Å². The fraction of sp³-hybridized carbons (Fsp3) is 0. The Bertz CT molecular complexity index is 2030. The van der Waals surface area contributed by atoms with Gasteiger partial charge in [-0.2, -0.15) is 0 Å². The van der Waals surface area contributed by atoms with E-state index in [1.54, 1.807) is 66.7 Å². The third-order valence-electron chi connectivity index (χ3n) is 6.57. The highest BCUT2D eigenvalue weighted by Crippen LogP contribution is 2.30. The standard InChI is InChI=1S/C33H22O7S/c34-26-6-3-21-17-25(2-1-22(21)18-26)33(36)40-29-11-15-32(16-12-29)41(37,38)31-13-9-28(10-14-31)39-30-8-5-23-19-27(35)7-4-24(23)20-30/h1-20,34-35H. The molecule has 2 N–H and O–H groups in total. The first-order valence-electron chi connectivity index (χ1n) is 12.6. The summed E-state index contributed by atoms with van der Waals surface area (Å²) in [5.41, 5.74) is 0.324. The molecule has 6 aromatic carbocycles. The summed E-state index contributed by atoms with van der Waals surface area (Å²) in [7, 11) is -3.83. The van der Waals surface area contributed by atoms with Gasteiger partial charge in [0.25, 0.3) is 0 Å². The van der Waals surface area contributed by atoms with E-state index in [-0.39, 0.29) is 27.0 Å². The van der Waals surface area contributed by atoms with Crippen LogP contribution in [0.25, 0.3) is 21.5 Å². The highest BCUT2D eigenvalue weighted by Gasteiger charge is 2.18. The molecule has 0 spiro atoms. The number of fused-ring (bicyclic) bond motifs is 2. The second kappa shape index (κ2) is 10.3. The summed E-state index contributed by atoms with van der Waals surface area (Å²) in [5.74, 6) is 0.977. The summed E-state index contributed by atoms with van der Waals surface area (Å²) in [6, 6.07) is 32.0. The van der Waals surface area contributed by atoms with Gasteiger partial charge in [0.15, 0.2) is 0 Å². The number of hydrogen-bond acceptors (Lipinski definition) is 7. The van der Waals surface area contributed by atoms with Crippen molar-refractivity contribution in [1.29, 1.82) is 0 Å². The molecule has 0 unspecified atom stereocenters. The fourth-order valence-corrected chi connectivity index (χ4v) is 5.71. The van der Waals surface area contributed by atoms with Crippen LogP contribution in [-0.4, -0.2) is 24.6 Å². The molecule has 7 nitrogen and oxygen atoms in total. The van der Waals surface area contributed by atoms with E-state index in [1.165, 1.54) is 42.5 Å². The Balaban J connectivity index is 1.14. The van der Waals surface area contributed by atoms with Crippen molar-refractivity contribution in [3.05, 3.63) is 127 Å². The average molecular weight is 563 g/mol. The zero-order valence-corrected chi connectivity index (χ0v) is 22.2. The lowest BCUT2D eigenvalue weighted by Crippen LogP contribution is -2.08. The van der Waals surface area contributed by atoms with Crippen molar-refractivity contribution < 1.29 is 32.9 Å². The topological polar surface area (TPSA) is 110 Å². The van der Waals surface area contributed by atoms with Crippen LogP contribution >= 0.6 is 0 Å². The van der Waals surface area contributed by atoms with Crippen molar-refractivity contribution in [3.8, 4) is 28.7 Å². The molecule has 8 heteroatoms. The predicted molar refractivity (Wildman–Crippen MR) is 155 cm³/mol. The molecule has 0 heterocycles. The van der Waals surface area contributed by atoms with Gasteiger partial charge in [0.1, 0.15) is 28.7 Å². The van der Waals surface area contributed by atoms with Gasteiger partial charge in [0.2, 0.25) is 9.84 Å². The summed E-state index contributed by atoms with van der Waals surface area (Å²) in [4.78, 5) is 12.8. The van der Waals surface area contributed by atoms with Crippen molar-refractivity contribution in [2.24, 2.45) is 0 Å². The molecular weight excluding hydrogens is 540 g/mol. The van der Waals surface area contributed by atoms with E-state index >= 15 is 0 Å². The zero-order chi connectivity index (χ0) is 28.6. The van der Waals surface area contributed by atoms with Crippen LogP contribution in [0.2, 0.25) is 0 Å². The van der Waals surface area contributed by atoms with Gasteiger partial charge >= 0.3 is 5.97 Å². The number of sulfone groups is 1. The lowest BCUT2D eigenvalue weighted by Gasteiger charge is -2.10. The molecule has 6 aromatic rings. The molecule has 202 valence electrons. The first-order chi connectivity index (χ1) is 19.7. The van der Waals surface area contributed by atoms with Crippen molar-refractivity contribution >= 4 is 37.4 Å². The molecule has 0 radical (unpaired) electrons. The van der Waals surface area contributed by atoms with Crippen LogP contribution in [0.3, 0.4) is 0 Å². The number of carbonyl (C=O) groups is 1. The number of ether oxygens (including phenoxy) is 2. The quantitative estimate of drug-likeness (QED) is 0.163. The molecule has 0 fully saturated rings. The van der Waals surface area contributed by atoms with Crippen LogP contribution in [-0.2, 0) is 9.84 Å². The van der Waals surface area contributed by atoms with Gasteiger partial charge in [-0.15, -0.1) is 0 Å². The average Bonchev–Trinajstić information content (AvgIpc) is 2.97. The molecule has 0 atom stereocenters. The van der Waals surface area contributed by atoms with Gasteiger partial charge in [-0.1, -0.05) is 24.3 Å². The molecular formula is C33H22O7S. The zero-order valence-electron chi connectivity index (χ0n) is 21.4. The monoisotopic (exact) mass is 562 g/mol. The van der Waals surface area contributed by atoms with Crippen molar-refractivity contribution in [2.75, 3.05) is 0 Å². The van der Waals surface area contributed by atoms with Crippen molar-refractivity contribution in [2.45, 2.75) is 9.79 Å². The fourth-order valence-electron chi connectivity index (χ4n) is 4.45. The first kappa shape index (κ1) is 25.9. The number of carbonyl (C=O) groups excluding carboxylic acids is 1. The maximum atomic E-state index is 13.2. The molecule has 41 heavy (non-hydrogen) atoms. The first-order valence-corrected chi connectivity index (χ1v) is 14.0. The van der Waals surface area contributed by atoms with E-state index in [2.05, 4.69) is 0 Å². The summed E-state index contributed by atoms with van der Waals surface area (Å²) in [6.07, 6.45) is 0. The third kappa shape index (κ3) is 5.41. The third-order valence-corrected chi connectivity index (χ3v) is 8.35. The normalized spacial score (nSPS) is 11.4. The lowest BCUT2D eigenvalue weighted by molar-refractivity contribution is 0.0735. The Morgan fingerprint density at radius 1 is 0.512 bits per heavy atom. The second-order valence-corrected chi connectivity index (χ2v) is 11.3. The molecule has 0 aliphatic rings. The molecule has 0 amide bonds. The highest BCUT2D eigenvalue weighted by molar-refractivity contribution is 7.91. The number of rotatable bonds is 6. The van der Waals surface area contributed by atoms with E-state index in [4.69, 9.17) is 9.47 Å². The van der Waals surface area contributed by atoms with E-state index in [0.717, 1.165) is 21.5 Å². The summed E-state index contributed by atoms with van der Waals surface area (Å²) < 4.78 is 37.7. The van der Waals surface area contributed by atoms with Gasteiger partial charge < -0.3 is 19.7 Å². The summed E-state index contributed by atoms with van der Waals surface area (Å²) in [6.45, 7) is 0. The second-order valence-electron chi connectivity index (χ2n) is 9.38. The molecule has 0 aromatic heterocycles. The van der Waals surface area contributed by atoms with Crippen LogP contribution in [0.15, 0.2) is 131 Å². The van der Waals surface area contributed by atoms with Crippen LogP contribution in [0.5, 0.6) is 28.7 Å². The number of aromatic hydroxyl groups is 2. The summed E-state index contributed by atoms with van der Waals surface area (Å²) >= 11 is 0. The molecule has 6 rings (SSSR count). The number of esters is 1. The number of benzene rings is 6. The van der Waals surface area contributed by atoms with Gasteiger partial charge in [0.05, 0.1) is 15.4 Å². The number of hydrogen-bond donors (Lipinski definition) is 2. The Hall–Kier alpha value is -5.34. The Labute approximate surface area is 235 Å². The van der Waals surface area contributed by atoms with Gasteiger partial charge in [0, 0.05) is 0 Å². The smallest absolute Gasteiger partial charge is 0.343 e. The summed E-state index contributed by atoms with van der Waals surface area (Å²) in [5, 5.41) is 22.6. The van der Waals surface area contributed by atoms with Crippen LogP contribution in [0.4, 0.5) is 0 Å². The Morgan fingerprint density at radius 2 is 0.976 bits per heavy atom.